The van der Waals surface area contributed by atoms with Gasteiger partial charge < -0.3 is 10.1 Å². The molecule has 0 saturated heterocycles. The molecular weight excluding hydrogens is 267 g/mol. The van der Waals surface area contributed by atoms with E-state index in [0.717, 1.165) is 24.2 Å². The zero-order valence-electron chi connectivity index (χ0n) is 12.7. The van der Waals surface area contributed by atoms with Gasteiger partial charge in [-0.05, 0) is 43.7 Å². The second-order valence-electron chi connectivity index (χ2n) is 5.01. The van der Waals surface area contributed by atoms with Crippen LogP contribution in [0.1, 0.15) is 36.2 Å². The van der Waals surface area contributed by atoms with Crippen LogP contribution in [0.4, 0.5) is 4.39 Å². The average molecular weight is 288 g/mol. The Bertz CT molecular complexity index is 601. The molecule has 4 heteroatoms. The van der Waals surface area contributed by atoms with Crippen molar-refractivity contribution in [2.24, 2.45) is 0 Å². The van der Waals surface area contributed by atoms with Crippen LogP contribution in [0.3, 0.4) is 0 Å². The third-order valence-electron chi connectivity index (χ3n) is 3.37. The van der Waals surface area contributed by atoms with E-state index in [1.54, 1.807) is 18.3 Å². The molecule has 1 atom stereocenters. The Kier molecular flexibility index (Phi) is 5.28. The summed E-state index contributed by atoms with van der Waals surface area (Å²) >= 11 is 0. The number of pyridine rings is 1. The highest BCUT2D eigenvalue weighted by atomic mass is 19.1. The van der Waals surface area contributed by atoms with Crippen molar-refractivity contribution in [3.05, 3.63) is 59.2 Å². The summed E-state index contributed by atoms with van der Waals surface area (Å²) in [7, 11) is 1.54. The maximum Gasteiger partial charge on any atom is 0.132 e. The van der Waals surface area contributed by atoms with Crippen molar-refractivity contribution in [2.45, 2.75) is 26.3 Å². The highest BCUT2D eigenvalue weighted by Crippen LogP contribution is 2.27. The lowest BCUT2D eigenvalue weighted by Crippen LogP contribution is -2.24. The molecule has 0 aliphatic carbocycles. The summed E-state index contributed by atoms with van der Waals surface area (Å²) < 4.78 is 19.4. The molecule has 0 spiro atoms. The van der Waals surface area contributed by atoms with E-state index in [9.17, 15) is 4.39 Å². The third kappa shape index (κ3) is 3.79. The van der Waals surface area contributed by atoms with Gasteiger partial charge in [-0.2, -0.15) is 0 Å². The van der Waals surface area contributed by atoms with Gasteiger partial charge in [0, 0.05) is 23.5 Å². The van der Waals surface area contributed by atoms with E-state index in [2.05, 4.69) is 17.2 Å². The Morgan fingerprint density at radius 2 is 2.10 bits per heavy atom. The van der Waals surface area contributed by atoms with E-state index >= 15 is 0 Å². The normalized spacial score (nSPS) is 12.2. The van der Waals surface area contributed by atoms with Crippen molar-refractivity contribution in [2.75, 3.05) is 13.7 Å². The maximum atomic E-state index is 14.4. The van der Waals surface area contributed by atoms with Gasteiger partial charge >= 0.3 is 0 Å². The lowest BCUT2D eigenvalue weighted by atomic mass is 9.98. The van der Waals surface area contributed by atoms with Crippen LogP contribution < -0.4 is 10.1 Å². The topological polar surface area (TPSA) is 34.2 Å². The third-order valence-corrected chi connectivity index (χ3v) is 3.37. The number of aromatic nitrogens is 1. The predicted molar refractivity (Wildman–Crippen MR) is 82.1 cm³/mol. The molecule has 0 fully saturated rings. The van der Waals surface area contributed by atoms with E-state index in [1.807, 2.05) is 19.1 Å². The van der Waals surface area contributed by atoms with Crippen LogP contribution >= 0.6 is 0 Å². The first-order valence-electron chi connectivity index (χ1n) is 7.15. The first-order chi connectivity index (χ1) is 10.2. The molecule has 2 rings (SSSR count). The standard InChI is InChI=1S/C17H21FN2O/c1-4-8-20-17(13-7-9-19-12(2)10-13)15-6-5-14(21-3)11-16(15)18/h5-7,9-11,17,20H,4,8H2,1-3H3. The second kappa shape index (κ2) is 7.18. The fourth-order valence-corrected chi connectivity index (χ4v) is 2.31. The van der Waals surface area contributed by atoms with Crippen molar-refractivity contribution in [3.8, 4) is 5.75 Å². The van der Waals surface area contributed by atoms with Gasteiger partial charge in [0.1, 0.15) is 11.6 Å². The minimum atomic E-state index is -0.266. The van der Waals surface area contributed by atoms with Crippen molar-refractivity contribution < 1.29 is 9.13 Å². The molecule has 1 aromatic heterocycles. The number of halogens is 1. The number of hydrogen-bond acceptors (Lipinski definition) is 3. The van der Waals surface area contributed by atoms with Crippen LogP contribution in [0.5, 0.6) is 5.75 Å². The summed E-state index contributed by atoms with van der Waals surface area (Å²) in [6.45, 7) is 4.84. The van der Waals surface area contributed by atoms with Gasteiger partial charge in [-0.1, -0.05) is 13.0 Å². The van der Waals surface area contributed by atoms with Gasteiger partial charge in [-0.25, -0.2) is 4.39 Å². The molecule has 1 heterocycles. The SMILES string of the molecule is CCCNC(c1ccnc(C)c1)c1ccc(OC)cc1F. The molecule has 1 N–H and O–H groups in total. The minimum Gasteiger partial charge on any atom is -0.497 e. The van der Waals surface area contributed by atoms with Crippen molar-refractivity contribution in [1.29, 1.82) is 0 Å². The Morgan fingerprint density at radius 3 is 2.71 bits per heavy atom. The fourth-order valence-electron chi connectivity index (χ4n) is 2.31. The highest BCUT2D eigenvalue weighted by molar-refractivity contribution is 5.36. The summed E-state index contributed by atoms with van der Waals surface area (Å²) in [5.41, 5.74) is 2.56. The smallest absolute Gasteiger partial charge is 0.132 e. The Morgan fingerprint density at radius 1 is 1.29 bits per heavy atom. The van der Waals surface area contributed by atoms with Gasteiger partial charge in [-0.3, -0.25) is 4.98 Å². The average Bonchev–Trinajstić information content (AvgIpc) is 2.49. The number of hydrogen-bond donors (Lipinski definition) is 1. The number of ether oxygens (including phenoxy) is 1. The number of nitrogens with one attached hydrogen (secondary N) is 1. The lowest BCUT2D eigenvalue weighted by Gasteiger charge is -2.20. The number of rotatable bonds is 6. The lowest BCUT2D eigenvalue weighted by molar-refractivity contribution is 0.410. The van der Waals surface area contributed by atoms with Crippen LogP contribution in [0.25, 0.3) is 0 Å². The highest BCUT2D eigenvalue weighted by Gasteiger charge is 2.18. The van der Waals surface area contributed by atoms with Crippen LogP contribution in [0, 0.1) is 12.7 Å². The minimum absolute atomic E-state index is 0.183. The largest absolute Gasteiger partial charge is 0.497 e. The van der Waals surface area contributed by atoms with Gasteiger partial charge in [-0.15, -0.1) is 0 Å². The molecule has 1 aromatic carbocycles. The molecular formula is C17H21FN2O. The number of nitrogens with zero attached hydrogens (tertiary/aromatic N) is 1. The Balaban J connectivity index is 2.40. The monoisotopic (exact) mass is 288 g/mol. The molecule has 0 bridgehead atoms. The molecule has 0 saturated carbocycles. The molecule has 0 amide bonds. The second-order valence-corrected chi connectivity index (χ2v) is 5.01. The van der Waals surface area contributed by atoms with Crippen molar-refractivity contribution in [3.63, 3.8) is 0 Å². The number of benzene rings is 1. The van der Waals surface area contributed by atoms with E-state index in [4.69, 9.17) is 4.74 Å². The van der Waals surface area contributed by atoms with Crippen LogP contribution in [-0.2, 0) is 0 Å². The van der Waals surface area contributed by atoms with E-state index in [0.29, 0.717) is 11.3 Å². The van der Waals surface area contributed by atoms with Crippen molar-refractivity contribution in [1.82, 2.24) is 10.3 Å². The molecule has 112 valence electrons. The van der Waals surface area contributed by atoms with Gasteiger partial charge in [0.2, 0.25) is 0 Å². The van der Waals surface area contributed by atoms with Gasteiger partial charge in [0.05, 0.1) is 13.2 Å². The summed E-state index contributed by atoms with van der Waals surface area (Å²) in [6, 6.07) is 8.70. The zero-order chi connectivity index (χ0) is 15.2. The quantitative estimate of drug-likeness (QED) is 0.881. The van der Waals surface area contributed by atoms with E-state index in [1.165, 1.54) is 13.2 Å². The van der Waals surface area contributed by atoms with Crippen LogP contribution in [0.2, 0.25) is 0 Å². The predicted octanol–water partition coefficient (Wildman–Crippen LogP) is 3.63. The number of methoxy groups -OCH3 is 1. The molecule has 1 unspecified atom stereocenters. The van der Waals surface area contributed by atoms with E-state index < -0.39 is 0 Å². The summed E-state index contributed by atoms with van der Waals surface area (Å²) in [5, 5.41) is 3.40. The molecule has 0 aliphatic rings. The van der Waals surface area contributed by atoms with Gasteiger partial charge in [0.25, 0.3) is 0 Å². The Labute approximate surface area is 125 Å². The molecule has 2 aromatic rings. The molecule has 3 nitrogen and oxygen atoms in total. The Hall–Kier alpha value is -1.94. The summed E-state index contributed by atoms with van der Waals surface area (Å²) in [5.74, 6) is 0.258. The van der Waals surface area contributed by atoms with Gasteiger partial charge in [0.15, 0.2) is 0 Å². The fraction of sp³-hybridized carbons (Fsp3) is 0.353. The molecule has 0 aliphatic heterocycles. The number of aryl methyl sites for hydroxylation is 1. The first-order valence-corrected chi connectivity index (χ1v) is 7.15. The molecule has 0 radical (unpaired) electrons. The first kappa shape index (κ1) is 15.4. The van der Waals surface area contributed by atoms with E-state index in [-0.39, 0.29) is 11.9 Å². The zero-order valence-corrected chi connectivity index (χ0v) is 12.7. The summed E-state index contributed by atoms with van der Waals surface area (Å²) in [6.07, 6.45) is 2.74. The van der Waals surface area contributed by atoms with Crippen molar-refractivity contribution >= 4 is 0 Å². The van der Waals surface area contributed by atoms with Crippen LogP contribution in [-0.4, -0.2) is 18.6 Å². The maximum absolute atomic E-state index is 14.4. The van der Waals surface area contributed by atoms with Crippen LogP contribution in [0.15, 0.2) is 36.5 Å². The summed E-state index contributed by atoms with van der Waals surface area (Å²) in [4.78, 5) is 4.20. The molecule has 21 heavy (non-hydrogen) atoms.